The molecule has 0 fully saturated rings. The van der Waals surface area contributed by atoms with E-state index in [9.17, 15) is 14.7 Å². The molecule has 1 atom stereocenters. The van der Waals surface area contributed by atoms with Crippen LogP contribution < -0.4 is 10.1 Å². The molecule has 2 N–H and O–H groups in total. The van der Waals surface area contributed by atoms with Crippen LogP contribution in [0.4, 0.5) is 0 Å². The van der Waals surface area contributed by atoms with Crippen LogP contribution in [0.2, 0.25) is 0 Å². The molecule has 0 aliphatic carbocycles. The van der Waals surface area contributed by atoms with Crippen molar-refractivity contribution in [2.45, 2.75) is 25.3 Å². The van der Waals surface area contributed by atoms with Crippen LogP contribution in [0.1, 0.15) is 27.9 Å². The molecule has 0 spiro atoms. The van der Waals surface area contributed by atoms with E-state index in [1.54, 1.807) is 12.1 Å². The Kier molecular flexibility index (Phi) is 4.21. The van der Waals surface area contributed by atoms with Crippen molar-refractivity contribution in [3.05, 3.63) is 76.6 Å². The first-order valence-electron chi connectivity index (χ1n) is 8.72. The first-order chi connectivity index (χ1) is 12.6. The molecule has 1 unspecified atom stereocenters. The van der Waals surface area contributed by atoms with Crippen molar-refractivity contribution in [2.75, 3.05) is 6.61 Å². The molecule has 0 saturated heterocycles. The van der Waals surface area contributed by atoms with Crippen LogP contribution in [0.25, 0.3) is 0 Å². The average molecular weight is 349 g/mol. The van der Waals surface area contributed by atoms with Gasteiger partial charge in [-0.2, -0.15) is 0 Å². The van der Waals surface area contributed by atoms with Crippen LogP contribution in [-0.4, -0.2) is 29.4 Å². The Hall–Kier alpha value is -3.08. The zero-order chi connectivity index (χ0) is 18.1. The van der Waals surface area contributed by atoms with Crippen LogP contribution in [0.3, 0.4) is 0 Å². The van der Waals surface area contributed by atoms with Crippen LogP contribution in [-0.2, 0) is 17.6 Å². The molecule has 1 amide bonds. The van der Waals surface area contributed by atoms with E-state index < -0.39 is 17.7 Å². The smallest absolute Gasteiger partial charge is 0.259 e. The second-order valence-electron chi connectivity index (χ2n) is 6.53. The number of aryl methyl sites for hydroxylation is 1. The van der Waals surface area contributed by atoms with Gasteiger partial charge in [0.05, 0.1) is 18.2 Å². The van der Waals surface area contributed by atoms with Crippen LogP contribution in [0.5, 0.6) is 5.75 Å². The molecule has 2 heterocycles. The van der Waals surface area contributed by atoms with E-state index in [-0.39, 0.29) is 11.3 Å². The summed E-state index contributed by atoms with van der Waals surface area (Å²) < 4.78 is 5.56. The van der Waals surface area contributed by atoms with Crippen molar-refractivity contribution < 1.29 is 19.4 Å². The SMILES string of the molecule is O=C1NC(CCc2ccccc2)C(O)=C1C(=O)c1cccc2c1OCC2. The zero-order valence-corrected chi connectivity index (χ0v) is 14.2. The minimum atomic E-state index is -0.542. The molecule has 2 aromatic carbocycles. The maximum absolute atomic E-state index is 12.9. The van der Waals surface area contributed by atoms with E-state index in [0.29, 0.717) is 30.8 Å². The Bertz CT molecular complexity index is 901. The number of aliphatic hydroxyl groups excluding tert-OH is 1. The molecule has 0 saturated carbocycles. The van der Waals surface area contributed by atoms with Gasteiger partial charge >= 0.3 is 0 Å². The fraction of sp³-hybridized carbons (Fsp3) is 0.238. The van der Waals surface area contributed by atoms with Crippen molar-refractivity contribution in [3.63, 3.8) is 0 Å². The van der Waals surface area contributed by atoms with Crippen molar-refractivity contribution in [2.24, 2.45) is 0 Å². The lowest BCUT2D eigenvalue weighted by atomic mass is 9.98. The summed E-state index contributed by atoms with van der Waals surface area (Å²) in [5.74, 6) is -0.660. The predicted octanol–water partition coefficient (Wildman–Crippen LogP) is 2.75. The number of hydrogen-bond acceptors (Lipinski definition) is 4. The second-order valence-corrected chi connectivity index (χ2v) is 6.53. The quantitative estimate of drug-likeness (QED) is 0.643. The summed E-state index contributed by atoms with van der Waals surface area (Å²) in [6.45, 7) is 0.524. The highest BCUT2D eigenvalue weighted by molar-refractivity contribution is 6.28. The van der Waals surface area contributed by atoms with E-state index in [1.165, 1.54) is 0 Å². The van der Waals surface area contributed by atoms with Crippen LogP contribution in [0.15, 0.2) is 59.9 Å². The number of hydrogen-bond donors (Lipinski definition) is 2. The molecule has 132 valence electrons. The summed E-state index contributed by atoms with van der Waals surface area (Å²) in [6.07, 6.45) is 1.97. The Balaban J connectivity index is 1.57. The number of aliphatic hydroxyl groups is 1. The Morgan fingerprint density at radius 3 is 2.77 bits per heavy atom. The normalized spacial score (nSPS) is 18.5. The molecule has 5 nitrogen and oxygen atoms in total. The maximum atomic E-state index is 12.9. The predicted molar refractivity (Wildman–Crippen MR) is 96.3 cm³/mol. The van der Waals surface area contributed by atoms with Crippen molar-refractivity contribution in [1.29, 1.82) is 0 Å². The highest BCUT2D eigenvalue weighted by Gasteiger charge is 2.37. The van der Waals surface area contributed by atoms with Gasteiger partial charge in [0.2, 0.25) is 5.78 Å². The third-order valence-corrected chi connectivity index (χ3v) is 4.87. The van der Waals surface area contributed by atoms with Gasteiger partial charge in [-0.05, 0) is 30.0 Å². The lowest BCUT2D eigenvalue weighted by Crippen LogP contribution is -2.30. The molecule has 0 aromatic heterocycles. The van der Waals surface area contributed by atoms with Crippen LogP contribution in [0, 0.1) is 0 Å². The summed E-state index contributed by atoms with van der Waals surface area (Å²) in [4.78, 5) is 25.2. The number of carbonyl (C=O) groups is 2. The number of carbonyl (C=O) groups excluding carboxylic acids is 2. The Morgan fingerprint density at radius 1 is 1.15 bits per heavy atom. The number of amides is 1. The van der Waals surface area contributed by atoms with E-state index in [4.69, 9.17) is 4.74 Å². The minimum Gasteiger partial charge on any atom is -0.509 e. The van der Waals surface area contributed by atoms with E-state index in [2.05, 4.69) is 5.32 Å². The summed E-state index contributed by atoms with van der Waals surface area (Å²) >= 11 is 0. The van der Waals surface area contributed by atoms with Crippen molar-refractivity contribution in [1.82, 2.24) is 5.32 Å². The number of nitrogens with one attached hydrogen (secondary N) is 1. The van der Waals surface area contributed by atoms with Gasteiger partial charge in [-0.15, -0.1) is 0 Å². The first-order valence-corrected chi connectivity index (χ1v) is 8.72. The zero-order valence-electron chi connectivity index (χ0n) is 14.2. The lowest BCUT2D eigenvalue weighted by Gasteiger charge is -2.10. The Labute approximate surface area is 151 Å². The third kappa shape index (κ3) is 2.86. The number of fused-ring (bicyclic) bond motifs is 1. The van der Waals surface area contributed by atoms with Gasteiger partial charge in [0.15, 0.2) is 0 Å². The lowest BCUT2D eigenvalue weighted by molar-refractivity contribution is -0.116. The van der Waals surface area contributed by atoms with Gasteiger partial charge in [-0.25, -0.2) is 0 Å². The van der Waals surface area contributed by atoms with Crippen LogP contribution >= 0.6 is 0 Å². The molecule has 5 heteroatoms. The van der Waals surface area contributed by atoms with Gasteiger partial charge in [0.1, 0.15) is 17.1 Å². The summed E-state index contributed by atoms with van der Waals surface area (Å²) in [5, 5.41) is 13.2. The summed E-state index contributed by atoms with van der Waals surface area (Å²) in [5.41, 5.74) is 2.23. The fourth-order valence-electron chi connectivity index (χ4n) is 3.50. The number of para-hydroxylation sites is 1. The maximum Gasteiger partial charge on any atom is 0.259 e. The number of ether oxygens (including phenoxy) is 1. The van der Waals surface area contributed by atoms with Gasteiger partial charge in [0.25, 0.3) is 5.91 Å². The molecule has 0 radical (unpaired) electrons. The standard InChI is InChI=1S/C21H19NO4/c23-18(15-8-4-7-14-11-12-26-20(14)15)17-19(24)16(22-21(17)25)10-9-13-5-2-1-3-6-13/h1-8,16,24H,9-12H2,(H,22,25). The van der Waals surface area contributed by atoms with Gasteiger partial charge in [-0.1, -0.05) is 42.5 Å². The van der Waals surface area contributed by atoms with Crippen molar-refractivity contribution in [3.8, 4) is 5.75 Å². The van der Waals surface area contributed by atoms with E-state index >= 15 is 0 Å². The number of rotatable bonds is 5. The molecular weight excluding hydrogens is 330 g/mol. The van der Waals surface area contributed by atoms with Gasteiger partial charge in [0, 0.05) is 6.42 Å². The van der Waals surface area contributed by atoms with Gasteiger partial charge in [-0.3, -0.25) is 9.59 Å². The Morgan fingerprint density at radius 2 is 1.96 bits per heavy atom. The third-order valence-electron chi connectivity index (χ3n) is 4.87. The molecule has 2 aliphatic heterocycles. The second kappa shape index (κ2) is 6.67. The topological polar surface area (TPSA) is 75.6 Å². The molecular formula is C21H19NO4. The largest absolute Gasteiger partial charge is 0.509 e. The number of benzene rings is 2. The molecule has 4 rings (SSSR count). The fourth-order valence-corrected chi connectivity index (χ4v) is 3.50. The highest BCUT2D eigenvalue weighted by atomic mass is 16.5. The molecule has 26 heavy (non-hydrogen) atoms. The molecule has 2 aliphatic rings. The summed E-state index contributed by atoms with van der Waals surface area (Å²) in [6, 6.07) is 14.6. The first kappa shape index (κ1) is 16.4. The minimum absolute atomic E-state index is 0.174. The average Bonchev–Trinajstić information content (AvgIpc) is 3.24. The number of Topliss-reactive ketones (excluding diaryl/α,β-unsaturated/α-hetero) is 1. The highest BCUT2D eigenvalue weighted by Crippen LogP contribution is 2.32. The molecule has 2 aromatic rings. The van der Waals surface area contributed by atoms with E-state index in [1.807, 2.05) is 36.4 Å². The molecule has 0 bridgehead atoms. The summed E-state index contributed by atoms with van der Waals surface area (Å²) in [7, 11) is 0. The van der Waals surface area contributed by atoms with E-state index in [0.717, 1.165) is 17.5 Å². The monoisotopic (exact) mass is 349 g/mol. The van der Waals surface area contributed by atoms with Crippen molar-refractivity contribution >= 4 is 11.7 Å². The van der Waals surface area contributed by atoms with Gasteiger partial charge < -0.3 is 15.2 Å². The number of ketones is 1.